The fourth-order valence-electron chi connectivity index (χ4n) is 8.44. The van der Waals surface area contributed by atoms with Gasteiger partial charge in [-0.05, 0) is 122 Å². The van der Waals surface area contributed by atoms with Gasteiger partial charge in [0.1, 0.15) is 0 Å². The molecule has 0 bridgehead atoms. The van der Waals surface area contributed by atoms with Gasteiger partial charge in [-0.3, -0.25) is 0 Å². The highest BCUT2D eigenvalue weighted by molar-refractivity contribution is 6.42. The van der Waals surface area contributed by atoms with Crippen LogP contribution in [0, 0.1) is 35.8 Å². The number of benzene rings is 8. The number of fused-ring (bicyclic) bond motifs is 7. The fraction of sp³-hybridized carbons (Fsp3) is 0. The second-order valence-corrected chi connectivity index (χ2v) is 12.8. The van der Waals surface area contributed by atoms with Crippen molar-refractivity contribution >= 4 is 86.8 Å². The standard InChI is InChI=1S/C46H20N4/c1-49-29-17-15-27(23-47)35(19-29)43-39-21-37-31-11-3-7-25-8-4-12-32(41(25)31)38(37)22-40(39)44(36-20-30(50-2)18-16-28(36)24-48)46-34-14-6-10-26-9-5-13-33(42(26)34)45(43)46/h3-22H. The summed E-state index contributed by atoms with van der Waals surface area (Å²) in [7, 11) is 0. The molecule has 10 aromatic carbocycles. The van der Waals surface area contributed by atoms with Gasteiger partial charge in [0, 0.05) is 0 Å². The van der Waals surface area contributed by atoms with Crippen LogP contribution < -0.4 is 0 Å². The first-order chi connectivity index (χ1) is 24.6. The van der Waals surface area contributed by atoms with E-state index in [4.69, 9.17) is 13.1 Å². The van der Waals surface area contributed by atoms with Crippen LogP contribution >= 0.6 is 0 Å². The molecule has 50 heavy (non-hydrogen) atoms. The minimum Gasteiger partial charge on any atom is -0.238 e. The Bertz CT molecular complexity index is 3090. The van der Waals surface area contributed by atoms with Crippen molar-refractivity contribution in [3.63, 3.8) is 0 Å². The van der Waals surface area contributed by atoms with E-state index in [0.29, 0.717) is 33.6 Å². The Morgan fingerprint density at radius 2 is 0.800 bits per heavy atom. The molecule has 0 aromatic heterocycles. The monoisotopic (exact) mass is 628 g/mol. The second kappa shape index (κ2) is 10.0. The molecule has 4 nitrogen and oxygen atoms in total. The molecule has 10 rings (SSSR count). The van der Waals surface area contributed by atoms with Gasteiger partial charge in [-0.15, -0.1) is 0 Å². The minimum absolute atomic E-state index is 0.452. The summed E-state index contributed by atoms with van der Waals surface area (Å²) in [4.78, 5) is 7.56. The van der Waals surface area contributed by atoms with Crippen LogP contribution in [0.4, 0.5) is 11.4 Å². The molecular formula is C46H20N4. The molecule has 0 amide bonds. The van der Waals surface area contributed by atoms with Crippen LogP contribution in [0.15, 0.2) is 121 Å². The molecule has 0 saturated carbocycles. The smallest absolute Gasteiger partial charge is 0.187 e. The Labute approximate surface area is 286 Å². The molecule has 0 unspecified atom stereocenters. The third kappa shape index (κ3) is 3.49. The van der Waals surface area contributed by atoms with E-state index in [0.717, 1.165) is 81.1 Å². The Morgan fingerprint density at radius 1 is 0.400 bits per heavy atom. The lowest BCUT2D eigenvalue weighted by Crippen LogP contribution is -1.93. The van der Waals surface area contributed by atoms with Gasteiger partial charge in [-0.2, -0.15) is 10.5 Å². The summed E-state index contributed by atoms with van der Waals surface area (Å²) in [6.45, 7) is 15.8. The Kier molecular flexibility index (Phi) is 5.52. The van der Waals surface area contributed by atoms with Crippen LogP contribution in [0.5, 0.6) is 0 Å². The molecule has 4 heteroatoms. The lowest BCUT2D eigenvalue weighted by atomic mass is 9.83. The summed E-state index contributed by atoms with van der Waals surface area (Å²) in [6.07, 6.45) is 0. The van der Waals surface area contributed by atoms with Crippen molar-refractivity contribution < 1.29 is 0 Å². The van der Waals surface area contributed by atoms with Gasteiger partial charge in [0.15, 0.2) is 11.4 Å². The molecule has 0 heterocycles. The number of hydrogen-bond donors (Lipinski definition) is 0. The van der Waals surface area contributed by atoms with Crippen molar-refractivity contribution in [1.82, 2.24) is 0 Å². The van der Waals surface area contributed by atoms with Gasteiger partial charge in [0.25, 0.3) is 0 Å². The Morgan fingerprint density at radius 3 is 1.20 bits per heavy atom. The molecule has 0 N–H and O–H groups in total. The SMILES string of the molecule is [C-]#[N+]c1ccc(C#N)c(-c2c3cc4c(cc3c(-c3cc([N+]#[C-])ccc3C#N)c3c5cccc6cccc(c23)c65)c2cccc3cccc4c32)c1. The first-order valence-corrected chi connectivity index (χ1v) is 16.2. The number of rotatable bonds is 2. The van der Waals surface area contributed by atoms with Gasteiger partial charge in [0.05, 0.1) is 36.4 Å². The first kappa shape index (κ1) is 27.6. The predicted molar refractivity (Wildman–Crippen MR) is 204 cm³/mol. The van der Waals surface area contributed by atoms with E-state index in [1.807, 2.05) is 12.1 Å². The van der Waals surface area contributed by atoms with Gasteiger partial charge < -0.3 is 0 Å². The molecule has 10 aromatic rings. The lowest BCUT2D eigenvalue weighted by Gasteiger charge is -2.19. The van der Waals surface area contributed by atoms with E-state index in [1.54, 1.807) is 24.3 Å². The van der Waals surface area contributed by atoms with Crippen molar-refractivity contribution in [1.29, 1.82) is 10.5 Å². The van der Waals surface area contributed by atoms with Gasteiger partial charge in [-0.25, -0.2) is 9.69 Å². The van der Waals surface area contributed by atoms with E-state index in [-0.39, 0.29) is 0 Å². The number of hydrogen-bond acceptors (Lipinski definition) is 2. The third-order valence-electron chi connectivity index (χ3n) is 10.4. The van der Waals surface area contributed by atoms with Crippen LogP contribution in [0.1, 0.15) is 11.1 Å². The molecule has 0 aliphatic heterocycles. The van der Waals surface area contributed by atoms with Crippen LogP contribution in [0.3, 0.4) is 0 Å². The van der Waals surface area contributed by atoms with E-state index in [1.165, 1.54) is 5.39 Å². The van der Waals surface area contributed by atoms with Crippen LogP contribution in [-0.2, 0) is 0 Å². The second-order valence-electron chi connectivity index (χ2n) is 12.8. The average Bonchev–Trinajstić information content (AvgIpc) is 3.67. The summed E-state index contributed by atoms with van der Waals surface area (Å²) >= 11 is 0. The molecule has 0 aliphatic rings. The highest BCUT2D eigenvalue weighted by Gasteiger charge is 2.27. The first-order valence-electron chi connectivity index (χ1n) is 16.2. The maximum atomic E-state index is 10.5. The van der Waals surface area contributed by atoms with Crippen molar-refractivity contribution in [2.75, 3.05) is 0 Å². The lowest BCUT2D eigenvalue weighted by molar-refractivity contribution is 1.48. The molecule has 0 spiro atoms. The van der Waals surface area contributed by atoms with Crippen LogP contribution in [0.2, 0.25) is 0 Å². The predicted octanol–water partition coefficient (Wildman–Crippen LogP) is 12.8. The highest BCUT2D eigenvalue weighted by Crippen LogP contribution is 2.54. The Hall–Kier alpha value is -7.50. The van der Waals surface area contributed by atoms with Crippen molar-refractivity contribution in [2.24, 2.45) is 0 Å². The van der Waals surface area contributed by atoms with E-state index < -0.39 is 0 Å². The van der Waals surface area contributed by atoms with Gasteiger partial charge >= 0.3 is 0 Å². The molecule has 0 atom stereocenters. The molecule has 0 fully saturated rings. The average molecular weight is 629 g/mol. The summed E-state index contributed by atoms with van der Waals surface area (Å²) in [5.74, 6) is 0. The summed E-state index contributed by atoms with van der Waals surface area (Å²) in [5.41, 5.74) is 5.03. The molecule has 224 valence electrons. The summed E-state index contributed by atoms with van der Waals surface area (Å²) < 4.78 is 0. The van der Waals surface area contributed by atoms with Gasteiger partial charge in [-0.1, -0.05) is 97.1 Å². The maximum Gasteiger partial charge on any atom is 0.187 e. The fourth-order valence-corrected chi connectivity index (χ4v) is 8.44. The van der Waals surface area contributed by atoms with Crippen LogP contribution in [0.25, 0.3) is 107 Å². The van der Waals surface area contributed by atoms with E-state index in [2.05, 4.69) is 107 Å². The van der Waals surface area contributed by atoms with Crippen molar-refractivity contribution in [3.8, 4) is 34.4 Å². The Balaban J connectivity index is 1.59. The topological polar surface area (TPSA) is 56.3 Å². The van der Waals surface area contributed by atoms with Crippen LogP contribution in [-0.4, -0.2) is 0 Å². The van der Waals surface area contributed by atoms with Crippen molar-refractivity contribution in [2.45, 2.75) is 0 Å². The zero-order valence-electron chi connectivity index (χ0n) is 26.3. The zero-order chi connectivity index (χ0) is 33.7. The molecule has 0 aliphatic carbocycles. The molecular weight excluding hydrogens is 609 g/mol. The van der Waals surface area contributed by atoms with Crippen molar-refractivity contribution in [3.05, 3.63) is 155 Å². The van der Waals surface area contributed by atoms with Gasteiger partial charge in [0.2, 0.25) is 0 Å². The van der Waals surface area contributed by atoms with E-state index >= 15 is 0 Å². The zero-order valence-corrected chi connectivity index (χ0v) is 26.3. The maximum absolute atomic E-state index is 10.5. The largest absolute Gasteiger partial charge is 0.238 e. The van der Waals surface area contributed by atoms with E-state index in [9.17, 15) is 10.5 Å². The molecule has 0 saturated heterocycles. The molecule has 0 radical (unpaired) electrons. The number of nitrogens with zero attached hydrogens (tertiary/aromatic N) is 4. The third-order valence-corrected chi connectivity index (χ3v) is 10.4. The summed E-state index contributed by atoms with van der Waals surface area (Å²) in [5, 5.41) is 35.9. The minimum atomic E-state index is 0.452. The normalized spacial score (nSPS) is 11.5. The number of nitriles is 2. The summed E-state index contributed by atoms with van der Waals surface area (Å²) in [6, 6.07) is 45.3. The quantitative estimate of drug-likeness (QED) is 0.179. The highest BCUT2D eigenvalue weighted by atomic mass is 14.6.